The zero-order valence-electron chi connectivity index (χ0n) is 10.1. The molecule has 0 heterocycles. The van der Waals surface area contributed by atoms with Crippen LogP contribution in [0.2, 0.25) is 5.02 Å². The number of phenolic OH excluding ortho intramolecular Hbond substituents is 1. The van der Waals surface area contributed by atoms with Crippen LogP contribution in [-0.4, -0.2) is 11.0 Å². The van der Waals surface area contributed by atoms with Gasteiger partial charge in [0.1, 0.15) is 11.6 Å². The minimum absolute atomic E-state index is 0.0391. The molecular weight excluding hydrogens is 269 g/mol. The van der Waals surface area contributed by atoms with Crippen LogP contribution in [-0.2, 0) is 0 Å². The van der Waals surface area contributed by atoms with Crippen LogP contribution in [0.1, 0.15) is 15.9 Å². The maximum atomic E-state index is 13.2. The van der Waals surface area contributed by atoms with Crippen molar-refractivity contribution in [3.05, 3.63) is 58.4 Å². The number of halogens is 2. The molecule has 0 saturated carbocycles. The van der Waals surface area contributed by atoms with Gasteiger partial charge < -0.3 is 10.4 Å². The van der Waals surface area contributed by atoms with E-state index >= 15 is 0 Å². The highest BCUT2D eigenvalue weighted by atomic mass is 35.5. The first-order valence-electron chi connectivity index (χ1n) is 5.53. The van der Waals surface area contributed by atoms with Gasteiger partial charge in [0.2, 0.25) is 0 Å². The van der Waals surface area contributed by atoms with Gasteiger partial charge in [-0.05, 0) is 42.8 Å². The van der Waals surface area contributed by atoms with Gasteiger partial charge in [0.15, 0.2) is 0 Å². The lowest BCUT2D eigenvalue weighted by Gasteiger charge is -2.08. The standard InChI is InChI=1S/C14H11ClFNO2/c1-8-2-5-12(13(18)6-8)17-14(19)9-3-4-10(15)11(16)7-9/h2-7,18H,1H3,(H,17,19). The average molecular weight is 280 g/mol. The molecular formula is C14H11ClFNO2. The molecule has 0 aliphatic heterocycles. The topological polar surface area (TPSA) is 49.3 Å². The molecule has 0 radical (unpaired) electrons. The van der Waals surface area contributed by atoms with Crippen molar-refractivity contribution >= 4 is 23.2 Å². The molecule has 2 aromatic rings. The van der Waals surface area contributed by atoms with Crippen molar-refractivity contribution in [2.24, 2.45) is 0 Å². The summed E-state index contributed by atoms with van der Waals surface area (Å²) in [7, 11) is 0. The normalized spacial score (nSPS) is 10.3. The van der Waals surface area contributed by atoms with Crippen LogP contribution >= 0.6 is 11.6 Å². The molecule has 0 saturated heterocycles. The summed E-state index contributed by atoms with van der Waals surface area (Å²) in [6.45, 7) is 1.82. The molecule has 1 amide bonds. The van der Waals surface area contributed by atoms with Crippen LogP contribution in [0.4, 0.5) is 10.1 Å². The lowest BCUT2D eigenvalue weighted by atomic mass is 10.1. The van der Waals surface area contributed by atoms with Crippen LogP contribution < -0.4 is 5.32 Å². The first kappa shape index (κ1) is 13.4. The van der Waals surface area contributed by atoms with Crippen LogP contribution in [0.5, 0.6) is 5.75 Å². The predicted octanol–water partition coefficient (Wildman–Crippen LogP) is 3.75. The summed E-state index contributed by atoms with van der Waals surface area (Å²) in [4.78, 5) is 11.9. The van der Waals surface area contributed by atoms with Crippen LogP contribution in [0.25, 0.3) is 0 Å². The number of aromatic hydroxyl groups is 1. The van der Waals surface area contributed by atoms with Crippen molar-refractivity contribution in [3.63, 3.8) is 0 Å². The number of carbonyl (C=O) groups excluding carboxylic acids is 1. The minimum atomic E-state index is -0.664. The third-order valence-corrected chi connectivity index (χ3v) is 2.89. The van der Waals surface area contributed by atoms with Crippen LogP contribution in [0.15, 0.2) is 36.4 Å². The Morgan fingerprint density at radius 1 is 1.26 bits per heavy atom. The van der Waals surface area contributed by atoms with Gasteiger partial charge in [0, 0.05) is 5.56 Å². The van der Waals surface area contributed by atoms with Crippen LogP contribution in [0.3, 0.4) is 0 Å². The molecule has 5 heteroatoms. The predicted molar refractivity (Wildman–Crippen MR) is 72.2 cm³/mol. The Morgan fingerprint density at radius 3 is 2.63 bits per heavy atom. The number of hydrogen-bond acceptors (Lipinski definition) is 2. The lowest BCUT2D eigenvalue weighted by molar-refractivity contribution is 0.102. The largest absolute Gasteiger partial charge is 0.506 e. The summed E-state index contributed by atoms with van der Waals surface area (Å²) in [5.41, 5.74) is 1.26. The summed E-state index contributed by atoms with van der Waals surface area (Å²) in [5.74, 6) is -1.22. The van der Waals surface area contributed by atoms with Gasteiger partial charge in [0.05, 0.1) is 10.7 Å². The fraction of sp³-hybridized carbons (Fsp3) is 0.0714. The molecule has 19 heavy (non-hydrogen) atoms. The van der Waals surface area contributed by atoms with E-state index in [4.69, 9.17) is 11.6 Å². The Hall–Kier alpha value is -2.07. The van der Waals surface area contributed by atoms with E-state index in [-0.39, 0.29) is 22.0 Å². The average Bonchev–Trinajstić information content (AvgIpc) is 2.36. The second kappa shape index (κ2) is 5.28. The quantitative estimate of drug-likeness (QED) is 0.823. The molecule has 98 valence electrons. The van der Waals surface area contributed by atoms with Crippen molar-refractivity contribution in [2.75, 3.05) is 5.32 Å². The number of benzene rings is 2. The fourth-order valence-electron chi connectivity index (χ4n) is 1.58. The highest BCUT2D eigenvalue weighted by Crippen LogP contribution is 2.25. The van der Waals surface area contributed by atoms with Gasteiger partial charge in [-0.15, -0.1) is 0 Å². The molecule has 2 N–H and O–H groups in total. The smallest absolute Gasteiger partial charge is 0.255 e. The van der Waals surface area contributed by atoms with Gasteiger partial charge in [-0.25, -0.2) is 4.39 Å². The van der Waals surface area contributed by atoms with Crippen LogP contribution in [0, 0.1) is 12.7 Å². The number of phenols is 1. The molecule has 0 aliphatic rings. The van der Waals surface area contributed by atoms with E-state index < -0.39 is 11.7 Å². The van der Waals surface area contributed by atoms with E-state index in [1.807, 2.05) is 6.92 Å². The number of aryl methyl sites for hydroxylation is 1. The van der Waals surface area contributed by atoms with Crippen molar-refractivity contribution in [1.29, 1.82) is 0 Å². The molecule has 0 aromatic heterocycles. The number of hydrogen-bond donors (Lipinski definition) is 2. The fourth-order valence-corrected chi connectivity index (χ4v) is 1.70. The minimum Gasteiger partial charge on any atom is -0.506 e. The monoisotopic (exact) mass is 279 g/mol. The molecule has 0 bridgehead atoms. The third kappa shape index (κ3) is 3.03. The van der Waals surface area contributed by atoms with E-state index in [9.17, 15) is 14.3 Å². The summed E-state index contributed by atoms with van der Waals surface area (Å²) in [6.07, 6.45) is 0. The van der Waals surface area contributed by atoms with Crippen molar-refractivity contribution in [2.45, 2.75) is 6.92 Å². The highest BCUT2D eigenvalue weighted by molar-refractivity contribution is 6.30. The third-order valence-electron chi connectivity index (χ3n) is 2.58. The van der Waals surface area contributed by atoms with Gasteiger partial charge in [0.25, 0.3) is 5.91 Å². The SMILES string of the molecule is Cc1ccc(NC(=O)c2ccc(Cl)c(F)c2)c(O)c1. The zero-order valence-corrected chi connectivity index (χ0v) is 10.8. The second-order valence-electron chi connectivity index (χ2n) is 4.10. The zero-order chi connectivity index (χ0) is 14.0. The molecule has 0 fully saturated rings. The molecule has 0 atom stereocenters. The maximum Gasteiger partial charge on any atom is 0.255 e. The molecule has 0 unspecified atom stereocenters. The summed E-state index contributed by atoms with van der Waals surface area (Å²) >= 11 is 5.54. The van der Waals surface area contributed by atoms with E-state index in [1.165, 1.54) is 18.2 Å². The molecule has 0 aliphatic carbocycles. The first-order valence-corrected chi connectivity index (χ1v) is 5.91. The molecule has 2 aromatic carbocycles. The van der Waals surface area contributed by atoms with Gasteiger partial charge in [-0.3, -0.25) is 4.79 Å². The summed E-state index contributed by atoms with van der Waals surface area (Å²) in [6, 6.07) is 8.61. The van der Waals surface area contributed by atoms with Gasteiger partial charge in [-0.2, -0.15) is 0 Å². The Balaban J connectivity index is 2.23. The highest BCUT2D eigenvalue weighted by Gasteiger charge is 2.11. The maximum absolute atomic E-state index is 13.2. The van der Waals surface area contributed by atoms with Crippen molar-refractivity contribution < 1.29 is 14.3 Å². The molecule has 0 spiro atoms. The Bertz CT molecular complexity index is 643. The second-order valence-corrected chi connectivity index (χ2v) is 4.51. The number of carbonyl (C=O) groups is 1. The molecule has 2 rings (SSSR count). The molecule has 3 nitrogen and oxygen atoms in total. The van der Waals surface area contributed by atoms with Gasteiger partial charge >= 0.3 is 0 Å². The van der Waals surface area contributed by atoms with E-state index in [0.29, 0.717) is 0 Å². The Labute approximate surface area is 114 Å². The summed E-state index contributed by atoms with van der Waals surface area (Å²) in [5, 5.41) is 12.1. The summed E-state index contributed by atoms with van der Waals surface area (Å²) < 4.78 is 13.2. The lowest BCUT2D eigenvalue weighted by Crippen LogP contribution is -2.12. The number of amides is 1. The van der Waals surface area contributed by atoms with Crippen molar-refractivity contribution in [3.8, 4) is 5.75 Å². The Kier molecular flexibility index (Phi) is 3.71. The van der Waals surface area contributed by atoms with E-state index in [2.05, 4.69) is 5.32 Å². The van der Waals surface area contributed by atoms with Gasteiger partial charge in [-0.1, -0.05) is 17.7 Å². The first-order chi connectivity index (χ1) is 8.97. The number of anilines is 1. The van der Waals surface area contributed by atoms with E-state index in [0.717, 1.165) is 11.6 Å². The Morgan fingerprint density at radius 2 is 2.00 bits per heavy atom. The van der Waals surface area contributed by atoms with E-state index in [1.54, 1.807) is 12.1 Å². The number of nitrogens with one attached hydrogen (secondary N) is 1. The number of rotatable bonds is 2. The van der Waals surface area contributed by atoms with Crippen molar-refractivity contribution in [1.82, 2.24) is 0 Å².